The molecule has 3 rings (SSSR count). The van der Waals surface area contributed by atoms with E-state index in [-0.39, 0.29) is 16.4 Å². The molecule has 6 nitrogen and oxygen atoms in total. The number of aromatic nitrogens is 1. The third kappa shape index (κ3) is 4.02. The van der Waals surface area contributed by atoms with Crippen molar-refractivity contribution in [1.29, 1.82) is 5.26 Å². The van der Waals surface area contributed by atoms with Crippen LogP contribution in [0.5, 0.6) is 0 Å². The maximum absolute atomic E-state index is 12.8. The number of nitriles is 1. The molecule has 2 aromatic carbocycles. The Hall–Kier alpha value is -3.09. The zero-order valence-electron chi connectivity index (χ0n) is 13.3. The van der Waals surface area contributed by atoms with Gasteiger partial charge >= 0.3 is 6.18 Å². The van der Waals surface area contributed by atoms with Crippen molar-refractivity contribution in [3.8, 4) is 6.07 Å². The van der Waals surface area contributed by atoms with Crippen LogP contribution in [0.15, 0.2) is 47.0 Å². The summed E-state index contributed by atoms with van der Waals surface area (Å²) in [6.07, 6.45) is -4.59. The van der Waals surface area contributed by atoms with Crippen LogP contribution in [0.2, 0.25) is 5.02 Å². The molecular formula is C17H10ClF3N4O2. The minimum absolute atomic E-state index is 0.0616. The van der Waals surface area contributed by atoms with Crippen molar-refractivity contribution in [2.75, 3.05) is 5.43 Å². The third-order valence-corrected chi connectivity index (χ3v) is 3.81. The predicted molar refractivity (Wildman–Crippen MR) is 91.0 cm³/mol. The lowest BCUT2D eigenvalue weighted by Crippen LogP contribution is -2.39. The lowest BCUT2D eigenvalue weighted by Gasteiger charge is -2.14. The molecule has 10 heteroatoms. The second-order valence-corrected chi connectivity index (χ2v) is 5.89. The van der Waals surface area contributed by atoms with E-state index in [2.05, 4.69) is 16.0 Å². The van der Waals surface area contributed by atoms with Crippen LogP contribution in [0.1, 0.15) is 16.1 Å². The first kappa shape index (κ1) is 18.7. The van der Waals surface area contributed by atoms with E-state index in [4.69, 9.17) is 16.1 Å². The molecule has 0 saturated carbocycles. The van der Waals surface area contributed by atoms with Crippen molar-refractivity contribution in [2.24, 2.45) is 0 Å². The average Bonchev–Trinajstić information content (AvgIpc) is 3.05. The zero-order valence-corrected chi connectivity index (χ0v) is 14.1. The highest BCUT2D eigenvalue weighted by molar-refractivity contribution is 6.30. The number of hydrogen-bond donors (Lipinski definition) is 2. The van der Waals surface area contributed by atoms with Gasteiger partial charge in [0.1, 0.15) is 0 Å². The van der Waals surface area contributed by atoms with E-state index in [0.717, 1.165) is 12.1 Å². The van der Waals surface area contributed by atoms with Crippen LogP contribution in [0.3, 0.4) is 0 Å². The maximum atomic E-state index is 12.8. The largest absolute Gasteiger partial charge is 0.416 e. The van der Waals surface area contributed by atoms with E-state index in [1.807, 2.05) is 0 Å². The number of Topliss-reactive ketones (excluding diaryl/α,β-unsaturated/α-hetero) is 1. The summed E-state index contributed by atoms with van der Waals surface area (Å²) in [5.41, 5.74) is 4.06. The van der Waals surface area contributed by atoms with Gasteiger partial charge in [-0.2, -0.15) is 18.4 Å². The highest BCUT2D eigenvalue weighted by Gasteiger charge is 2.31. The summed E-state index contributed by atoms with van der Waals surface area (Å²) in [6.45, 7) is 0. The summed E-state index contributed by atoms with van der Waals surface area (Å²) in [7, 11) is 0. The molecule has 3 aromatic rings. The van der Waals surface area contributed by atoms with Gasteiger partial charge in [0.15, 0.2) is 17.3 Å². The van der Waals surface area contributed by atoms with Crippen LogP contribution in [-0.2, 0) is 6.18 Å². The molecule has 27 heavy (non-hydrogen) atoms. The molecule has 0 spiro atoms. The Balaban J connectivity index is 1.79. The fourth-order valence-corrected chi connectivity index (χ4v) is 2.57. The lowest BCUT2D eigenvalue weighted by atomic mass is 10.1. The number of hydrogen-bond acceptors (Lipinski definition) is 6. The lowest BCUT2D eigenvalue weighted by molar-refractivity contribution is -0.137. The van der Waals surface area contributed by atoms with Gasteiger partial charge in [0.05, 0.1) is 22.7 Å². The molecule has 0 aliphatic rings. The molecule has 1 heterocycles. The first-order valence-corrected chi connectivity index (χ1v) is 7.85. The molecule has 1 atom stereocenters. The Labute approximate surface area is 155 Å². The molecule has 138 valence electrons. The van der Waals surface area contributed by atoms with E-state index >= 15 is 0 Å². The monoisotopic (exact) mass is 394 g/mol. The van der Waals surface area contributed by atoms with Gasteiger partial charge < -0.3 is 9.95 Å². The minimum atomic E-state index is -4.59. The second kappa shape index (κ2) is 7.26. The van der Waals surface area contributed by atoms with Crippen molar-refractivity contribution in [2.45, 2.75) is 12.2 Å². The normalized spacial score (nSPS) is 12.6. The van der Waals surface area contributed by atoms with E-state index in [9.17, 15) is 23.2 Å². The van der Waals surface area contributed by atoms with E-state index in [1.165, 1.54) is 6.07 Å². The highest BCUT2D eigenvalue weighted by Crippen LogP contribution is 2.33. The molecule has 0 saturated heterocycles. The maximum Gasteiger partial charge on any atom is 0.416 e. The Morgan fingerprint density at radius 2 is 2.00 bits per heavy atom. The van der Waals surface area contributed by atoms with Crippen LogP contribution in [0.25, 0.3) is 11.0 Å². The molecule has 1 aromatic heterocycles. The summed E-state index contributed by atoms with van der Waals surface area (Å²) >= 11 is 5.69. The summed E-state index contributed by atoms with van der Waals surface area (Å²) in [6, 6.07) is 9.66. The smallest absolute Gasteiger partial charge is 0.356 e. The quantitative estimate of drug-likeness (QED) is 0.498. The Morgan fingerprint density at radius 1 is 1.26 bits per heavy atom. The van der Waals surface area contributed by atoms with Gasteiger partial charge in [-0.3, -0.25) is 4.79 Å². The van der Waals surface area contributed by atoms with E-state index in [1.54, 1.807) is 30.3 Å². The number of halogens is 4. The van der Waals surface area contributed by atoms with Gasteiger partial charge in [0.2, 0.25) is 5.78 Å². The number of ketones is 1. The first-order chi connectivity index (χ1) is 12.8. The number of anilines is 1. The van der Waals surface area contributed by atoms with Crippen LogP contribution < -0.4 is 10.9 Å². The number of nitrogens with zero attached hydrogens (tertiary/aromatic N) is 2. The number of para-hydroxylation sites is 1. The number of fused-ring (bicyclic) bond motifs is 1. The fourth-order valence-electron chi connectivity index (χ4n) is 2.34. The van der Waals surface area contributed by atoms with E-state index < -0.39 is 23.6 Å². The molecule has 0 amide bonds. The number of rotatable bonds is 5. The molecule has 0 aliphatic carbocycles. The standard InChI is InChI=1S/C17H10ClF3N4O2/c18-10-5-9(17(19,20)21)6-11(7-10)23-24-13(8-22)16(26)15-12-3-1-2-4-14(12)27-25-15/h1-7,13,23-24H. The number of nitrogens with one attached hydrogen (secondary N) is 2. The van der Waals surface area contributed by atoms with Crippen LogP contribution >= 0.6 is 11.6 Å². The van der Waals surface area contributed by atoms with E-state index in [0.29, 0.717) is 11.0 Å². The van der Waals surface area contributed by atoms with Crippen LogP contribution in [-0.4, -0.2) is 17.0 Å². The Morgan fingerprint density at radius 3 is 2.70 bits per heavy atom. The highest BCUT2D eigenvalue weighted by atomic mass is 35.5. The summed E-state index contributed by atoms with van der Waals surface area (Å²) in [4.78, 5) is 12.5. The first-order valence-electron chi connectivity index (χ1n) is 7.47. The van der Waals surface area contributed by atoms with Crippen LogP contribution in [0, 0.1) is 11.3 Å². The topological polar surface area (TPSA) is 91.0 Å². The Kier molecular flexibility index (Phi) is 5.03. The van der Waals surface area contributed by atoms with Crippen molar-refractivity contribution in [3.63, 3.8) is 0 Å². The average molecular weight is 395 g/mol. The number of carbonyl (C=O) groups is 1. The van der Waals surface area contributed by atoms with Gasteiger partial charge in [0.25, 0.3) is 0 Å². The van der Waals surface area contributed by atoms with Gasteiger partial charge in [0, 0.05) is 5.02 Å². The third-order valence-electron chi connectivity index (χ3n) is 3.59. The molecule has 0 radical (unpaired) electrons. The molecular weight excluding hydrogens is 385 g/mol. The van der Waals surface area contributed by atoms with Gasteiger partial charge in [-0.15, -0.1) is 0 Å². The predicted octanol–water partition coefficient (Wildman–Crippen LogP) is 4.19. The molecule has 0 fully saturated rings. The molecule has 0 aliphatic heterocycles. The second-order valence-electron chi connectivity index (χ2n) is 5.45. The van der Waals surface area contributed by atoms with Crippen molar-refractivity contribution >= 4 is 34.0 Å². The van der Waals surface area contributed by atoms with Gasteiger partial charge in [-0.05, 0) is 30.3 Å². The molecule has 2 N–H and O–H groups in total. The molecule has 0 bridgehead atoms. The van der Waals surface area contributed by atoms with Crippen molar-refractivity contribution in [3.05, 3.63) is 58.7 Å². The number of benzene rings is 2. The molecule has 1 unspecified atom stereocenters. The zero-order chi connectivity index (χ0) is 19.6. The minimum Gasteiger partial charge on any atom is -0.356 e. The summed E-state index contributed by atoms with van der Waals surface area (Å²) < 4.78 is 43.6. The summed E-state index contributed by atoms with van der Waals surface area (Å²) in [5.74, 6) is -0.701. The number of alkyl halides is 3. The van der Waals surface area contributed by atoms with Crippen molar-refractivity contribution in [1.82, 2.24) is 10.6 Å². The van der Waals surface area contributed by atoms with Gasteiger partial charge in [-0.25, -0.2) is 5.43 Å². The number of hydrazine groups is 1. The number of carbonyl (C=O) groups excluding carboxylic acids is 1. The SMILES string of the molecule is N#CC(NNc1cc(Cl)cc(C(F)(F)F)c1)C(=O)c1noc2ccccc12. The summed E-state index contributed by atoms with van der Waals surface area (Å²) in [5, 5.41) is 13.2. The fraction of sp³-hybridized carbons (Fsp3) is 0.118. The van der Waals surface area contributed by atoms with Crippen LogP contribution in [0.4, 0.5) is 18.9 Å². The van der Waals surface area contributed by atoms with Crippen molar-refractivity contribution < 1.29 is 22.5 Å². The Bertz CT molecular complexity index is 1040. The van der Waals surface area contributed by atoms with Gasteiger partial charge in [-0.1, -0.05) is 28.9 Å².